The maximum atomic E-state index is 4.32. The van der Waals surface area contributed by atoms with Crippen molar-refractivity contribution in [3.8, 4) is 0 Å². The van der Waals surface area contributed by atoms with Gasteiger partial charge in [-0.05, 0) is 68.3 Å². The fourth-order valence-corrected chi connectivity index (χ4v) is 4.28. The quantitative estimate of drug-likeness (QED) is 0.855. The molecule has 5 nitrogen and oxygen atoms in total. The Morgan fingerprint density at radius 3 is 2.55 bits per heavy atom. The van der Waals surface area contributed by atoms with Gasteiger partial charge in [0, 0.05) is 6.54 Å². The average Bonchev–Trinajstić information content (AvgIpc) is 2.97. The summed E-state index contributed by atoms with van der Waals surface area (Å²) in [6.07, 6.45) is 10.9. The van der Waals surface area contributed by atoms with E-state index in [1.807, 2.05) is 4.68 Å². The highest BCUT2D eigenvalue weighted by Gasteiger charge is 2.37. The van der Waals surface area contributed by atoms with Crippen LogP contribution < -0.4 is 0 Å². The van der Waals surface area contributed by atoms with Gasteiger partial charge in [-0.25, -0.2) is 4.68 Å². The molecule has 22 heavy (non-hydrogen) atoms. The van der Waals surface area contributed by atoms with Crippen molar-refractivity contribution in [2.75, 3.05) is 13.1 Å². The molecule has 1 aliphatic carbocycles. The molecule has 1 aromatic rings. The number of nitrogens with zero attached hydrogens (tertiary/aromatic N) is 5. The third-order valence-corrected chi connectivity index (χ3v) is 5.99. The minimum absolute atomic E-state index is 0.00283. The van der Waals surface area contributed by atoms with E-state index in [9.17, 15) is 0 Å². The summed E-state index contributed by atoms with van der Waals surface area (Å²) in [6.45, 7) is 9.96. The van der Waals surface area contributed by atoms with Crippen LogP contribution in [0.15, 0.2) is 0 Å². The Hall–Kier alpha value is -0.970. The van der Waals surface area contributed by atoms with E-state index in [1.165, 1.54) is 58.0 Å². The van der Waals surface area contributed by atoms with Gasteiger partial charge in [0.25, 0.3) is 0 Å². The third kappa shape index (κ3) is 3.19. The summed E-state index contributed by atoms with van der Waals surface area (Å²) in [7, 11) is 0. The topological polar surface area (TPSA) is 46.8 Å². The van der Waals surface area contributed by atoms with E-state index in [0.29, 0.717) is 5.41 Å². The fourth-order valence-electron chi connectivity index (χ4n) is 4.28. The second-order valence-corrected chi connectivity index (χ2v) is 8.05. The SMILES string of the molecule is CCC(C)(C)n1nnnc1CN1CCCC2(CCCCC2)C1. The molecule has 3 rings (SSSR count). The van der Waals surface area contributed by atoms with Crippen molar-refractivity contribution in [2.24, 2.45) is 5.41 Å². The highest BCUT2D eigenvalue weighted by molar-refractivity contribution is 4.93. The first-order valence-corrected chi connectivity index (χ1v) is 9.05. The van der Waals surface area contributed by atoms with Gasteiger partial charge in [-0.1, -0.05) is 26.2 Å². The summed E-state index contributed by atoms with van der Waals surface area (Å²) in [5.74, 6) is 1.03. The molecular weight excluding hydrogens is 274 g/mol. The van der Waals surface area contributed by atoms with Gasteiger partial charge in [0.15, 0.2) is 5.82 Å². The average molecular weight is 305 g/mol. The molecule has 0 atom stereocenters. The van der Waals surface area contributed by atoms with Crippen LogP contribution in [0, 0.1) is 5.41 Å². The van der Waals surface area contributed by atoms with Crippen LogP contribution in [0.5, 0.6) is 0 Å². The van der Waals surface area contributed by atoms with E-state index in [1.54, 1.807) is 0 Å². The second-order valence-electron chi connectivity index (χ2n) is 8.05. The second kappa shape index (κ2) is 6.26. The van der Waals surface area contributed by atoms with Gasteiger partial charge >= 0.3 is 0 Å². The summed E-state index contributed by atoms with van der Waals surface area (Å²) in [5.41, 5.74) is 0.589. The van der Waals surface area contributed by atoms with Crippen molar-refractivity contribution in [1.82, 2.24) is 25.1 Å². The van der Waals surface area contributed by atoms with Gasteiger partial charge in [-0.15, -0.1) is 5.10 Å². The summed E-state index contributed by atoms with van der Waals surface area (Å²) < 4.78 is 2.04. The van der Waals surface area contributed by atoms with E-state index in [0.717, 1.165) is 18.8 Å². The van der Waals surface area contributed by atoms with Crippen molar-refractivity contribution in [2.45, 2.75) is 84.2 Å². The monoisotopic (exact) mass is 305 g/mol. The molecule has 1 aromatic heterocycles. The lowest BCUT2D eigenvalue weighted by molar-refractivity contribution is 0.0462. The molecule has 1 saturated carbocycles. The molecule has 0 radical (unpaired) electrons. The van der Waals surface area contributed by atoms with Crippen molar-refractivity contribution in [1.29, 1.82) is 0 Å². The van der Waals surface area contributed by atoms with Crippen LogP contribution in [0.25, 0.3) is 0 Å². The van der Waals surface area contributed by atoms with Crippen molar-refractivity contribution in [3.63, 3.8) is 0 Å². The molecule has 0 aromatic carbocycles. The molecule has 1 aliphatic heterocycles. The molecule has 1 saturated heterocycles. The first kappa shape index (κ1) is 15.9. The Morgan fingerprint density at radius 2 is 1.82 bits per heavy atom. The lowest BCUT2D eigenvalue weighted by Crippen LogP contribution is -2.44. The number of hydrogen-bond acceptors (Lipinski definition) is 4. The van der Waals surface area contributed by atoms with E-state index in [-0.39, 0.29) is 5.54 Å². The number of likely N-dealkylation sites (tertiary alicyclic amines) is 1. The summed E-state index contributed by atoms with van der Waals surface area (Å²) in [5, 5.41) is 12.5. The molecule has 0 N–H and O–H groups in total. The van der Waals surface area contributed by atoms with Gasteiger partial charge in [-0.3, -0.25) is 4.90 Å². The first-order chi connectivity index (χ1) is 10.5. The van der Waals surface area contributed by atoms with E-state index >= 15 is 0 Å². The van der Waals surface area contributed by atoms with Crippen molar-refractivity contribution < 1.29 is 0 Å². The Kier molecular flexibility index (Phi) is 4.53. The molecule has 2 aliphatic rings. The van der Waals surface area contributed by atoms with E-state index in [4.69, 9.17) is 0 Å². The molecular formula is C17H31N5. The lowest BCUT2D eigenvalue weighted by atomic mass is 9.69. The van der Waals surface area contributed by atoms with Crippen LogP contribution in [0.1, 0.15) is 78.0 Å². The van der Waals surface area contributed by atoms with Crippen LogP contribution >= 0.6 is 0 Å². The lowest BCUT2D eigenvalue weighted by Gasteiger charge is -2.45. The standard InChI is InChI=1S/C17H31N5/c1-4-16(2,3)22-15(18-19-20-22)13-21-12-8-11-17(14-21)9-6-5-7-10-17/h4-14H2,1-3H3. The van der Waals surface area contributed by atoms with Crippen LogP contribution in [-0.4, -0.2) is 38.2 Å². The van der Waals surface area contributed by atoms with Gasteiger partial charge in [0.05, 0.1) is 12.1 Å². The third-order valence-electron chi connectivity index (χ3n) is 5.99. The molecule has 124 valence electrons. The number of hydrogen-bond donors (Lipinski definition) is 0. The number of tetrazole rings is 1. The highest BCUT2D eigenvalue weighted by atomic mass is 15.6. The molecule has 0 unspecified atom stereocenters. The Bertz CT molecular complexity index is 481. The van der Waals surface area contributed by atoms with Crippen molar-refractivity contribution >= 4 is 0 Å². The Morgan fingerprint density at radius 1 is 1.09 bits per heavy atom. The summed E-state index contributed by atoms with van der Waals surface area (Å²) >= 11 is 0. The maximum absolute atomic E-state index is 4.32. The van der Waals surface area contributed by atoms with Crippen LogP contribution in [0.4, 0.5) is 0 Å². The predicted molar refractivity (Wildman–Crippen MR) is 87.5 cm³/mol. The first-order valence-electron chi connectivity index (χ1n) is 9.05. The van der Waals surface area contributed by atoms with Gasteiger partial charge in [0.2, 0.25) is 0 Å². The number of rotatable bonds is 4. The minimum Gasteiger partial charge on any atom is -0.295 e. The number of aromatic nitrogens is 4. The van der Waals surface area contributed by atoms with Crippen LogP contribution in [0.2, 0.25) is 0 Å². The molecule has 0 bridgehead atoms. The van der Waals surface area contributed by atoms with Crippen LogP contribution in [0.3, 0.4) is 0 Å². The summed E-state index contributed by atoms with van der Waals surface area (Å²) in [6, 6.07) is 0. The normalized spacial score (nSPS) is 23.0. The van der Waals surface area contributed by atoms with E-state index in [2.05, 4.69) is 41.2 Å². The maximum Gasteiger partial charge on any atom is 0.165 e. The van der Waals surface area contributed by atoms with Crippen LogP contribution in [-0.2, 0) is 12.1 Å². The molecule has 2 heterocycles. The number of piperidine rings is 1. The van der Waals surface area contributed by atoms with E-state index < -0.39 is 0 Å². The zero-order valence-electron chi connectivity index (χ0n) is 14.5. The Labute approximate surface area is 134 Å². The fraction of sp³-hybridized carbons (Fsp3) is 0.941. The molecule has 0 amide bonds. The molecule has 2 fully saturated rings. The van der Waals surface area contributed by atoms with Crippen molar-refractivity contribution in [3.05, 3.63) is 5.82 Å². The molecule has 5 heteroatoms. The minimum atomic E-state index is -0.00283. The van der Waals surface area contributed by atoms with Gasteiger partial charge in [-0.2, -0.15) is 0 Å². The highest BCUT2D eigenvalue weighted by Crippen LogP contribution is 2.43. The van der Waals surface area contributed by atoms with Gasteiger partial charge in [0.1, 0.15) is 0 Å². The molecule has 1 spiro atoms. The zero-order valence-corrected chi connectivity index (χ0v) is 14.5. The largest absolute Gasteiger partial charge is 0.295 e. The van der Waals surface area contributed by atoms with Gasteiger partial charge < -0.3 is 0 Å². The zero-order chi connectivity index (χ0) is 15.6. The smallest absolute Gasteiger partial charge is 0.165 e. The Balaban J connectivity index is 1.70. The predicted octanol–water partition coefficient (Wildman–Crippen LogP) is 3.36. The summed E-state index contributed by atoms with van der Waals surface area (Å²) in [4.78, 5) is 2.60.